The molecule has 1 saturated carbocycles. The highest BCUT2D eigenvalue weighted by Crippen LogP contribution is 2.44. The minimum Gasteiger partial charge on any atom is -0.493 e. The summed E-state index contributed by atoms with van der Waals surface area (Å²) < 4.78 is 11.2. The number of halogens is 1. The predicted molar refractivity (Wildman–Crippen MR) is 110 cm³/mol. The van der Waals surface area contributed by atoms with Gasteiger partial charge < -0.3 is 9.47 Å². The highest BCUT2D eigenvalue weighted by molar-refractivity contribution is 6.30. The molecule has 0 saturated heterocycles. The molecule has 3 atom stereocenters. The molecule has 27 heavy (non-hydrogen) atoms. The van der Waals surface area contributed by atoms with Crippen LogP contribution in [0.25, 0.3) is 0 Å². The Morgan fingerprint density at radius 1 is 1.04 bits per heavy atom. The average molecular weight is 386 g/mol. The van der Waals surface area contributed by atoms with Crippen molar-refractivity contribution in [2.75, 3.05) is 20.8 Å². The Hall–Kier alpha value is -1.71. The molecular weight excluding hydrogens is 358 g/mol. The largest absolute Gasteiger partial charge is 0.493 e. The van der Waals surface area contributed by atoms with Gasteiger partial charge in [-0.3, -0.25) is 4.90 Å². The van der Waals surface area contributed by atoms with E-state index in [9.17, 15) is 0 Å². The van der Waals surface area contributed by atoms with Crippen LogP contribution in [0.15, 0.2) is 36.4 Å². The van der Waals surface area contributed by atoms with Crippen LogP contribution in [0.5, 0.6) is 11.5 Å². The van der Waals surface area contributed by atoms with Gasteiger partial charge in [0.2, 0.25) is 0 Å². The van der Waals surface area contributed by atoms with Crippen LogP contribution in [-0.4, -0.2) is 31.7 Å². The third-order valence-electron chi connectivity index (χ3n) is 6.21. The second kappa shape index (κ2) is 7.73. The van der Waals surface area contributed by atoms with Gasteiger partial charge in [-0.1, -0.05) is 30.7 Å². The van der Waals surface area contributed by atoms with Gasteiger partial charge in [0, 0.05) is 17.6 Å². The Balaban J connectivity index is 1.82. The van der Waals surface area contributed by atoms with Gasteiger partial charge in [-0.25, -0.2) is 0 Å². The van der Waals surface area contributed by atoms with Crippen molar-refractivity contribution in [2.45, 2.75) is 44.7 Å². The van der Waals surface area contributed by atoms with Crippen LogP contribution in [0, 0.1) is 5.92 Å². The number of rotatable bonds is 4. The van der Waals surface area contributed by atoms with Crippen molar-refractivity contribution < 1.29 is 9.47 Å². The molecular formula is C23H28ClNO2. The number of hydrogen-bond acceptors (Lipinski definition) is 3. The van der Waals surface area contributed by atoms with E-state index in [1.165, 1.54) is 36.0 Å². The Labute approximate surface area is 167 Å². The molecule has 4 rings (SSSR count). The van der Waals surface area contributed by atoms with Gasteiger partial charge in [-0.05, 0) is 72.6 Å². The lowest BCUT2D eigenvalue weighted by Gasteiger charge is -2.42. The highest BCUT2D eigenvalue weighted by Gasteiger charge is 2.37. The van der Waals surface area contributed by atoms with E-state index in [0.717, 1.165) is 35.4 Å². The Morgan fingerprint density at radius 3 is 2.48 bits per heavy atom. The number of benzene rings is 2. The monoisotopic (exact) mass is 385 g/mol. The average Bonchev–Trinajstić information content (AvgIpc) is 3.12. The van der Waals surface area contributed by atoms with E-state index in [4.69, 9.17) is 21.1 Å². The molecule has 1 aliphatic heterocycles. The lowest BCUT2D eigenvalue weighted by atomic mass is 9.86. The van der Waals surface area contributed by atoms with Gasteiger partial charge >= 0.3 is 0 Å². The van der Waals surface area contributed by atoms with Gasteiger partial charge in [0.05, 0.1) is 20.3 Å². The summed E-state index contributed by atoms with van der Waals surface area (Å²) >= 11 is 6.36. The Bertz CT molecular complexity index is 822. The number of fused-ring (bicyclic) bond motifs is 1. The molecule has 0 spiro atoms. The van der Waals surface area contributed by atoms with Crippen LogP contribution < -0.4 is 9.47 Å². The van der Waals surface area contributed by atoms with Crippen LogP contribution >= 0.6 is 11.6 Å². The zero-order valence-corrected chi connectivity index (χ0v) is 17.1. The number of hydrogen-bond donors (Lipinski definition) is 0. The van der Waals surface area contributed by atoms with Crippen molar-refractivity contribution in [3.63, 3.8) is 0 Å². The maximum atomic E-state index is 6.36. The van der Waals surface area contributed by atoms with E-state index in [-0.39, 0.29) is 6.04 Å². The summed E-state index contributed by atoms with van der Waals surface area (Å²) in [6.45, 7) is 3.44. The molecule has 1 aliphatic carbocycles. The van der Waals surface area contributed by atoms with Crippen LogP contribution in [-0.2, 0) is 6.42 Å². The first-order valence-corrected chi connectivity index (χ1v) is 10.2. The normalized spacial score (nSPS) is 25.3. The standard InChI is InChI=1S/C23H28ClNO2/c1-15-7-8-19(11-15)25-10-9-16-13-21(26-2)22(27-3)14-20(16)23(25)17-5-4-6-18(24)12-17/h4-6,12-15,19,23H,7-11H2,1-3H3/t15-,19-,23+/m1/s1. The molecule has 4 heteroatoms. The molecule has 0 radical (unpaired) electrons. The van der Waals surface area contributed by atoms with Gasteiger partial charge in [0.15, 0.2) is 11.5 Å². The van der Waals surface area contributed by atoms with Crippen molar-refractivity contribution in [1.29, 1.82) is 0 Å². The zero-order valence-electron chi connectivity index (χ0n) is 16.4. The van der Waals surface area contributed by atoms with Crippen LogP contribution in [0.1, 0.15) is 48.9 Å². The first-order chi connectivity index (χ1) is 13.1. The molecule has 0 unspecified atom stereocenters. The zero-order chi connectivity index (χ0) is 19.0. The molecule has 0 bridgehead atoms. The molecule has 1 fully saturated rings. The minimum atomic E-state index is 0.211. The number of ether oxygens (including phenoxy) is 2. The van der Waals surface area contributed by atoms with Crippen molar-refractivity contribution in [1.82, 2.24) is 4.90 Å². The van der Waals surface area contributed by atoms with E-state index in [1.54, 1.807) is 14.2 Å². The lowest BCUT2D eigenvalue weighted by Crippen LogP contribution is -2.42. The molecule has 0 N–H and O–H groups in total. The van der Waals surface area contributed by atoms with Crippen LogP contribution in [0.2, 0.25) is 5.02 Å². The van der Waals surface area contributed by atoms with E-state index in [1.807, 2.05) is 6.07 Å². The molecule has 2 aromatic rings. The first kappa shape index (κ1) is 18.6. The molecule has 3 nitrogen and oxygen atoms in total. The number of nitrogens with zero attached hydrogens (tertiary/aromatic N) is 1. The first-order valence-electron chi connectivity index (χ1n) is 9.86. The van der Waals surface area contributed by atoms with E-state index >= 15 is 0 Å². The molecule has 1 heterocycles. The molecule has 144 valence electrons. The fraction of sp³-hybridized carbons (Fsp3) is 0.478. The minimum absolute atomic E-state index is 0.211. The van der Waals surface area contributed by atoms with Crippen molar-refractivity contribution >= 4 is 11.6 Å². The predicted octanol–water partition coefficient (Wildman–Crippen LogP) is 5.49. The van der Waals surface area contributed by atoms with Gasteiger partial charge in [-0.15, -0.1) is 0 Å². The quantitative estimate of drug-likeness (QED) is 0.694. The maximum Gasteiger partial charge on any atom is 0.161 e. The molecule has 0 amide bonds. The lowest BCUT2D eigenvalue weighted by molar-refractivity contribution is 0.145. The fourth-order valence-electron chi connectivity index (χ4n) is 4.88. The van der Waals surface area contributed by atoms with E-state index in [2.05, 4.69) is 42.2 Å². The SMILES string of the molecule is COc1cc2c(cc1OC)[C@H](c1cccc(Cl)c1)N([C@@H]1CC[C@@H](C)C1)CC2. The topological polar surface area (TPSA) is 21.7 Å². The van der Waals surface area contributed by atoms with Crippen molar-refractivity contribution in [3.05, 3.63) is 58.1 Å². The third kappa shape index (κ3) is 3.55. The Kier molecular flexibility index (Phi) is 5.34. The number of methoxy groups -OCH3 is 2. The van der Waals surface area contributed by atoms with Crippen LogP contribution in [0.3, 0.4) is 0 Å². The molecule has 0 aromatic heterocycles. The third-order valence-corrected chi connectivity index (χ3v) is 6.45. The van der Waals surface area contributed by atoms with Crippen molar-refractivity contribution in [3.8, 4) is 11.5 Å². The second-order valence-electron chi connectivity index (χ2n) is 7.92. The molecule has 2 aliphatic rings. The Morgan fingerprint density at radius 2 is 1.81 bits per heavy atom. The van der Waals surface area contributed by atoms with Gasteiger partial charge in [0.1, 0.15) is 0 Å². The van der Waals surface area contributed by atoms with Crippen molar-refractivity contribution in [2.24, 2.45) is 5.92 Å². The smallest absolute Gasteiger partial charge is 0.161 e. The maximum absolute atomic E-state index is 6.36. The second-order valence-corrected chi connectivity index (χ2v) is 8.36. The summed E-state index contributed by atoms with van der Waals surface area (Å²) in [6, 6.07) is 13.5. The summed E-state index contributed by atoms with van der Waals surface area (Å²) in [7, 11) is 3.41. The van der Waals surface area contributed by atoms with Crippen LogP contribution in [0.4, 0.5) is 0 Å². The fourth-order valence-corrected chi connectivity index (χ4v) is 5.08. The van der Waals surface area contributed by atoms with E-state index < -0.39 is 0 Å². The van der Waals surface area contributed by atoms with Gasteiger partial charge in [0.25, 0.3) is 0 Å². The summed E-state index contributed by atoms with van der Waals surface area (Å²) in [6.07, 6.45) is 4.92. The summed E-state index contributed by atoms with van der Waals surface area (Å²) in [5.41, 5.74) is 3.93. The summed E-state index contributed by atoms with van der Waals surface area (Å²) in [5.74, 6) is 2.41. The van der Waals surface area contributed by atoms with E-state index in [0.29, 0.717) is 6.04 Å². The summed E-state index contributed by atoms with van der Waals surface area (Å²) in [4.78, 5) is 2.70. The highest BCUT2D eigenvalue weighted by atomic mass is 35.5. The molecule has 2 aromatic carbocycles. The van der Waals surface area contributed by atoms with Gasteiger partial charge in [-0.2, -0.15) is 0 Å². The summed E-state index contributed by atoms with van der Waals surface area (Å²) in [5, 5.41) is 0.792.